The first-order valence-electron chi connectivity index (χ1n) is 10.5. The summed E-state index contributed by atoms with van der Waals surface area (Å²) in [7, 11) is 4.98. The Labute approximate surface area is 183 Å². The minimum atomic E-state index is -0.0427. The Morgan fingerprint density at radius 1 is 0.871 bits per heavy atom. The first-order valence-corrected chi connectivity index (χ1v) is 10.5. The molecule has 162 valence electrons. The minimum Gasteiger partial charge on any atom is -0.496 e. The molecule has 0 spiro atoms. The fraction of sp³-hybridized carbons (Fsp3) is 0.308. The van der Waals surface area contributed by atoms with Gasteiger partial charge >= 0.3 is 0 Å². The highest BCUT2D eigenvalue weighted by Crippen LogP contribution is 2.41. The average molecular weight is 420 g/mol. The van der Waals surface area contributed by atoms with E-state index in [1.54, 1.807) is 21.3 Å². The predicted molar refractivity (Wildman–Crippen MR) is 121 cm³/mol. The van der Waals surface area contributed by atoms with Crippen molar-refractivity contribution in [2.24, 2.45) is 0 Å². The van der Waals surface area contributed by atoms with Crippen LogP contribution in [0.4, 0.5) is 0 Å². The van der Waals surface area contributed by atoms with Gasteiger partial charge in [-0.2, -0.15) is 0 Å². The summed E-state index contributed by atoms with van der Waals surface area (Å²) in [5.74, 6) is 2.23. The van der Waals surface area contributed by atoms with Gasteiger partial charge in [0.1, 0.15) is 5.75 Å². The monoisotopic (exact) mass is 419 g/mol. The van der Waals surface area contributed by atoms with E-state index in [0.29, 0.717) is 5.75 Å². The Morgan fingerprint density at radius 2 is 1.58 bits per heavy atom. The second kappa shape index (κ2) is 9.41. The molecule has 0 amide bonds. The Hall–Kier alpha value is -3.02. The third-order valence-corrected chi connectivity index (χ3v) is 5.99. The molecule has 31 heavy (non-hydrogen) atoms. The van der Waals surface area contributed by atoms with E-state index in [9.17, 15) is 5.11 Å². The largest absolute Gasteiger partial charge is 0.496 e. The molecule has 0 bridgehead atoms. The molecule has 0 saturated heterocycles. The van der Waals surface area contributed by atoms with Crippen molar-refractivity contribution in [1.82, 2.24) is 4.90 Å². The number of aliphatic hydroxyl groups is 1. The zero-order valence-electron chi connectivity index (χ0n) is 18.3. The highest BCUT2D eigenvalue weighted by molar-refractivity contribution is 5.51. The Morgan fingerprint density at radius 3 is 2.26 bits per heavy atom. The van der Waals surface area contributed by atoms with E-state index in [2.05, 4.69) is 47.4 Å². The normalized spacial score (nSPS) is 15.9. The molecular weight excluding hydrogens is 390 g/mol. The van der Waals surface area contributed by atoms with Gasteiger partial charge in [-0.3, -0.25) is 4.90 Å². The molecule has 5 nitrogen and oxygen atoms in total. The van der Waals surface area contributed by atoms with Gasteiger partial charge in [-0.25, -0.2) is 0 Å². The lowest BCUT2D eigenvalue weighted by molar-refractivity contribution is 0.203. The summed E-state index contributed by atoms with van der Waals surface area (Å²) in [5.41, 5.74) is 5.72. The van der Waals surface area contributed by atoms with Gasteiger partial charge in [-0.15, -0.1) is 0 Å². The summed E-state index contributed by atoms with van der Waals surface area (Å²) in [6.45, 7) is 1.64. The summed E-state index contributed by atoms with van der Waals surface area (Å²) in [6, 6.07) is 20.9. The van der Waals surface area contributed by atoms with Crippen LogP contribution in [-0.4, -0.2) is 37.9 Å². The number of hydrogen-bond acceptors (Lipinski definition) is 5. The van der Waals surface area contributed by atoms with Crippen LogP contribution < -0.4 is 14.2 Å². The summed E-state index contributed by atoms with van der Waals surface area (Å²) >= 11 is 0. The SMILES string of the molecule is COc1ccc(CN2CCc3cc(OC)c(OC)cc3C2c2ccccc2)cc1CO. The van der Waals surface area contributed by atoms with Crippen molar-refractivity contribution >= 4 is 0 Å². The molecule has 1 aliphatic rings. The third-order valence-electron chi connectivity index (χ3n) is 5.99. The maximum atomic E-state index is 9.73. The molecular formula is C26H29NO4. The number of ether oxygens (including phenoxy) is 3. The van der Waals surface area contributed by atoms with Crippen LogP contribution in [-0.2, 0) is 19.6 Å². The highest BCUT2D eigenvalue weighted by atomic mass is 16.5. The van der Waals surface area contributed by atoms with Crippen molar-refractivity contribution in [3.05, 3.63) is 88.5 Å². The highest BCUT2D eigenvalue weighted by Gasteiger charge is 2.30. The minimum absolute atomic E-state index is 0.0427. The predicted octanol–water partition coefficient (Wildman–Crippen LogP) is 4.35. The maximum absolute atomic E-state index is 9.73. The molecule has 1 heterocycles. The van der Waals surface area contributed by atoms with Gasteiger partial charge in [0.05, 0.1) is 34.0 Å². The number of fused-ring (bicyclic) bond motifs is 1. The summed E-state index contributed by atoms with van der Waals surface area (Å²) in [4.78, 5) is 2.48. The first-order chi connectivity index (χ1) is 15.2. The Balaban J connectivity index is 1.75. The lowest BCUT2D eigenvalue weighted by atomic mass is 9.87. The summed E-state index contributed by atoms with van der Waals surface area (Å²) in [5, 5.41) is 9.73. The van der Waals surface area contributed by atoms with Crippen molar-refractivity contribution in [2.45, 2.75) is 25.6 Å². The molecule has 1 aliphatic heterocycles. The van der Waals surface area contributed by atoms with E-state index in [-0.39, 0.29) is 12.6 Å². The average Bonchev–Trinajstić information content (AvgIpc) is 2.83. The van der Waals surface area contributed by atoms with Crippen LogP contribution in [0.2, 0.25) is 0 Å². The standard InChI is InChI=1S/C26H29NO4/c1-29-23-10-9-18(13-21(23)17-28)16-27-12-11-20-14-24(30-2)25(31-3)15-22(20)26(27)19-7-5-4-6-8-19/h4-10,13-15,26,28H,11-12,16-17H2,1-3H3. The lowest BCUT2D eigenvalue weighted by Gasteiger charge is -2.38. The zero-order valence-corrected chi connectivity index (χ0v) is 18.3. The van der Waals surface area contributed by atoms with Crippen LogP contribution >= 0.6 is 0 Å². The number of methoxy groups -OCH3 is 3. The van der Waals surface area contributed by atoms with Crippen LogP contribution in [0.3, 0.4) is 0 Å². The molecule has 0 saturated carbocycles. The van der Waals surface area contributed by atoms with E-state index in [1.807, 2.05) is 18.2 Å². The zero-order chi connectivity index (χ0) is 21.8. The molecule has 1 N–H and O–H groups in total. The summed E-state index contributed by atoms with van der Waals surface area (Å²) < 4.78 is 16.5. The molecule has 5 heteroatoms. The molecule has 1 unspecified atom stereocenters. The van der Waals surface area contributed by atoms with Gasteiger partial charge in [0.2, 0.25) is 0 Å². The Kier molecular flexibility index (Phi) is 6.44. The van der Waals surface area contributed by atoms with E-state index in [4.69, 9.17) is 14.2 Å². The van der Waals surface area contributed by atoms with E-state index in [0.717, 1.165) is 42.1 Å². The molecule has 4 rings (SSSR count). The second-order valence-electron chi connectivity index (χ2n) is 7.74. The number of benzene rings is 3. The van der Waals surface area contributed by atoms with Crippen molar-refractivity contribution in [3.63, 3.8) is 0 Å². The van der Waals surface area contributed by atoms with Crippen molar-refractivity contribution in [3.8, 4) is 17.2 Å². The van der Waals surface area contributed by atoms with Crippen LogP contribution in [0.5, 0.6) is 17.2 Å². The van der Waals surface area contributed by atoms with Gasteiger partial charge in [-0.05, 0) is 52.9 Å². The van der Waals surface area contributed by atoms with E-state index >= 15 is 0 Å². The van der Waals surface area contributed by atoms with E-state index in [1.165, 1.54) is 16.7 Å². The van der Waals surface area contributed by atoms with Crippen molar-refractivity contribution < 1.29 is 19.3 Å². The van der Waals surface area contributed by atoms with Gasteiger partial charge in [0, 0.05) is 18.7 Å². The van der Waals surface area contributed by atoms with Gasteiger partial charge in [0.15, 0.2) is 11.5 Å². The maximum Gasteiger partial charge on any atom is 0.161 e. The summed E-state index contributed by atoms with van der Waals surface area (Å²) in [6.07, 6.45) is 0.933. The molecule has 0 aromatic heterocycles. The second-order valence-corrected chi connectivity index (χ2v) is 7.74. The van der Waals surface area contributed by atoms with Gasteiger partial charge < -0.3 is 19.3 Å². The van der Waals surface area contributed by atoms with Gasteiger partial charge in [0.25, 0.3) is 0 Å². The number of rotatable bonds is 7. The Bertz CT molecular complexity index is 1040. The van der Waals surface area contributed by atoms with Crippen LogP contribution in [0.25, 0.3) is 0 Å². The first kappa shape index (κ1) is 21.2. The molecule has 0 aliphatic carbocycles. The number of nitrogens with zero attached hydrogens (tertiary/aromatic N) is 1. The fourth-order valence-electron chi connectivity index (χ4n) is 4.48. The quantitative estimate of drug-likeness (QED) is 0.617. The van der Waals surface area contributed by atoms with E-state index < -0.39 is 0 Å². The molecule has 3 aromatic carbocycles. The number of hydrogen-bond donors (Lipinski definition) is 1. The number of aliphatic hydroxyl groups excluding tert-OH is 1. The molecule has 0 fully saturated rings. The fourth-order valence-corrected chi connectivity index (χ4v) is 4.48. The van der Waals surface area contributed by atoms with Crippen molar-refractivity contribution in [1.29, 1.82) is 0 Å². The molecule has 0 radical (unpaired) electrons. The van der Waals surface area contributed by atoms with Crippen LogP contribution in [0, 0.1) is 0 Å². The smallest absolute Gasteiger partial charge is 0.161 e. The van der Waals surface area contributed by atoms with Crippen LogP contribution in [0.15, 0.2) is 60.7 Å². The van der Waals surface area contributed by atoms with Gasteiger partial charge in [-0.1, -0.05) is 36.4 Å². The third kappa shape index (κ3) is 4.24. The molecule has 3 aromatic rings. The topological polar surface area (TPSA) is 51.2 Å². The van der Waals surface area contributed by atoms with Crippen molar-refractivity contribution in [2.75, 3.05) is 27.9 Å². The molecule has 1 atom stereocenters. The lowest BCUT2D eigenvalue weighted by Crippen LogP contribution is -2.35. The van der Waals surface area contributed by atoms with Crippen LogP contribution in [0.1, 0.15) is 33.9 Å².